The number of hydrogen-bond donors (Lipinski definition) is 2. The summed E-state index contributed by atoms with van der Waals surface area (Å²) in [5, 5.41) is 9.75. The molecule has 0 heterocycles. The molecule has 1 unspecified atom stereocenters. The average Bonchev–Trinajstić information content (AvgIpc) is 2.18. The highest BCUT2D eigenvalue weighted by Gasteiger charge is 2.08. The molecule has 1 rings (SSSR count). The van der Waals surface area contributed by atoms with Gasteiger partial charge in [0.15, 0.2) is 0 Å². The van der Waals surface area contributed by atoms with Crippen molar-refractivity contribution in [3.63, 3.8) is 0 Å². The number of halogens is 1. The quantitative estimate of drug-likeness (QED) is 0.777. The van der Waals surface area contributed by atoms with Gasteiger partial charge in [-0.3, -0.25) is 0 Å². The monoisotopic (exact) mass is 228 g/mol. The molecule has 84 valence electrons. The van der Waals surface area contributed by atoms with Crippen LogP contribution in [0.15, 0.2) is 18.2 Å². The van der Waals surface area contributed by atoms with Crippen molar-refractivity contribution >= 4 is 23.0 Å². The van der Waals surface area contributed by atoms with Crippen molar-refractivity contribution in [1.82, 2.24) is 0 Å². The Morgan fingerprint density at radius 3 is 2.80 bits per heavy atom. The number of para-hydroxylation sites is 1. The van der Waals surface area contributed by atoms with Gasteiger partial charge in [-0.05, 0) is 25.5 Å². The lowest BCUT2D eigenvalue weighted by molar-refractivity contribution is 0.187. The molecule has 3 nitrogen and oxygen atoms in total. The van der Waals surface area contributed by atoms with Crippen molar-refractivity contribution < 1.29 is 5.11 Å². The fourth-order valence-electron chi connectivity index (χ4n) is 1.36. The lowest BCUT2D eigenvalue weighted by Gasteiger charge is -2.22. The predicted molar refractivity (Wildman–Crippen MR) is 65.4 cm³/mol. The van der Waals surface area contributed by atoms with E-state index in [0.29, 0.717) is 17.1 Å². The molecule has 0 saturated carbocycles. The van der Waals surface area contributed by atoms with Crippen molar-refractivity contribution in [2.24, 2.45) is 0 Å². The maximum Gasteiger partial charge on any atom is 0.0741 e. The summed E-state index contributed by atoms with van der Waals surface area (Å²) in [5.74, 6) is 0. The molecule has 1 atom stereocenters. The highest BCUT2D eigenvalue weighted by Crippen LogP contribution is 2.29. The molecule has 0 fully saturated rings. The van der Waals surface area contributed by atoms with E-state index in [9.17, 15) is 5.11 Å². The summed E-state index contributed by atoms with van der Waals surface area (Å²) in [6.07, 6.45) is 0.412. The number of nitrogens with two attached hydrogens (primary N) is 1. The van der Waals surface area contributed by atoms with Gasteiger partial charge in [-0.15, -0.1) is 0 Å². The second kappa shape index (κ2) is 5.24. The largest absolute Gasteiger partial charge is 0.396 e. The van der Waals surface area contributed by atoms with Crippen molar-refractivity contribution in [1.29, 1.82) is 0 Å². The molecule has 0 amide bonds. The van der Waals surface area contributed by atoms with Crippen molar-refractivity contribution in [3.8, 4) is 0 Å². The van der Waals surface area contributed by atoms with Gasteiger partial charge in [-0.2, -0.15) is 0 Å². The van der Waals surface area contributed by atoms with Crippen LogP contribution in [-0.4, -0.2) is 24.8 Å². The second-order valence-electron chi connectivity index (χ2n) is 3.73. The number of nitrogens with zero attached hydrogens (tertiary/aromatic N) is 1. The standard InChI is InChI=1S/C11H17ClN2O/c1-8(15)6-7-14(2)10-5-3-4-9(12)11(10)13/h3-5,8,15H,6-7,13H2,1-2H3. The number of nitrogen functional groups attached to an aromatic ring is 1. The van der Waals surface area contributed by atoms with E-state index in [0.717, 1.165) is 12.2 Å². The number of aliphatic hydroxyl groups is 1. The molecular weight excluding hydrogens is 212 g/mol. The summed E-state index contributed by atoms with van der Waals surface area (Å²) in [5.41, 5.74) is 7.35. The Labute approximate surface area is 95.5 Å². The Balaban J connectivity index is 2.73. The number of anilines is 2. The Morgan fingerprint density at radius 1 is 1.53 bits per heavy atom. The minimum Gasteiger partial charge on any atom is -0.396 e. The van der Waals surface area contributed by atoms with E-state index in [1.807, 2.05) is 24.1 Å². The van der Waals surface area contributed by atoms with Crippen molar-refractivity contribution in [2.45, 2.75) is 19.4 Å². The van der Waals surface area contributed by atoms with Crippen molar-refractivity contribution in [2.75, 3.05) is 24.2 Å². The van der Waals surface area contributed by atoms with Gasteiger partial charge in [0.25, 0.3) is 0 Å². The van der Waals surface area contributed by atoms with E-state index in [1.54, 1.807) is 13.0 Å². The van der Waals surface area contributed by atoms with Gasteiger partial charge in [0.1, 0.15) is 0 Å². The predicted octanol–water partition coefficient (Wildman–Crippen LogP) is 2.13. The Kier molecular flexibility index (Phi) is 4.24. The lowest BCUT2D eigenvalue weighted by Crippen LogP contribution is -2.22. The molecule has 0 saturated heterocycles. The molecule has 0 bridgehead atoms. The van der Waals surface area contributed by atoms with Crippen LogP contribution in [0.4, 0.5) is 11.4 Å². The van der Waals surface area contributed by atoms with E-state index in [2.05, 4.69) is 0 Å². The summed E-state index contributed by atoms with van der Waals surface area (Å²) in [7, 11) is 1.93. The zero-order valence-corrected chi connectivity index (χ0v) is 9.83. The van der Waals surface area contributed by atoms with Crippen LogP contribution in [0, 0.1) is 0 Å². The Morgan fingerprint density at radius 2 is 2.20 bits per heavy atom. The topological polar surface area (TPSA) is 49.5 Å². The van der Waals surface area contributed by atoms with Crippen LogP contribution in [0.1, 0.15) is 13.3 Å². The third kappa shape index (κ3) is 3.29. The number of benzene rings is 1. The maximum absolute atomic E-state index is 9.19. The van der Waals surface area contributed by atoms with Gasteiger partial charge < -0.3 is 15.7 Å². The SMILES string of the molecule is CC(O)CCN(C)c1cccc(Cl)c1N. The second-order valence-corrected chi connectivity index (χ2v) is 4.14. The summed E-state index contributed by atoms with van der Waals surface area (Å²) in [6.45, 7) is 2.53. The molecule has 0 aromatic heterocycles. The summed E-state index contributed by atoms with van der Waals surface area (Å²) >= 11 is 5.92. The number of hydrogen-bond acceptors (Lipinski definition) is 3. The van der Waals surface area contributed by atoms with Crippen LogP contribution in [-0.2, 0) is 0 Å². The highest BCUT2D eigenvalue weighted by molar-refractivity contribution is 6.33. The number of aliphatic hydroxyl groups excluding tert-OH is 1. The lowest BCUT2D eigenvalue weighted by atomic mass is 10.2. The first-order chi connectivity index (χ1) is 7.02. The van der Waals surface area contributed by atoms with Crippen LogP contribution in [0.25, 0.3) is 0 Å². The molecule has 4 heteroatoms. The third-order valence-electron chi connectivity index (χ3n) is 2.32. The fraction of sp³-hybridized carbons (Fsp3) is 0.455. The molecular formula is C11H17ClN2O. The average molecular weight is 229 g/mol. The Bertz CT molecular complexity index is 328. The summed E-state index contributed by atoms with van der Waals surface area (Å²) in [4.78, 5) is 1.99. The van der Waals surface area contributed by atoms with E-state index >= 15 is 0 Å². The van der Waals surface area contributed by atoms with Crippen LogP contribution < -0.4 is 10.6 Å². The molecule has 0 spiro atoms. The molecule has 0 aliphatic carbocycles. The van der Waals surface area contributed by atoms with Gasteiger partial charge >= 0.3 is 0 Å². The first-order valence-electron chi connectivity index (χ1n) is 4.95. The van der Waals surface area contributed by atoms with Crippen LogP contribution in [0.3, 0.4) is 0 Å². The van der Waals surface area contributed by atoms with Crippen LogP contribution >= 0.6 is 11.6 Å². The summed E-state index contributed by atoms with van der Waals surface area (Å²) < 4.78 is 0. The zero-order valence-electron chi connectivity index (χ0n) is 9.07. The fourth-order valence-corrected chi connectivity index (χ4v) is 1.53. The smallest absolute Gasteiger partial charge is 0.0741 e. The van der Waals surface area contributed by atoms with Gasteiger partial charge in [-0.25, -0.2) is 0 Å². The third-order valence-corrected chi connectivity index (χ3v) is 2.65. The first kappa shape index (κ1) is 12.1. The first-order valence-corrected chi connectivity index (χ1v) is 5.33. The molecule has 1 aromatic carbocycles. The molecule has 15 heavy (non-hydrogen) atoms. The van der Waals surface area contributed by atoms with E-state index in [4.69, 9.17) is 17.3 Å². The minimum absolute atomic E-state index is 0.298. The molecule has 0 aliphatic heterocycles. The van der Waals surface area contributed by atoms with Gasteiger partial charge in [0.05, 0.1) is 22.5 Å². The van der Waals surface area contributed by atoms with Crippen molar-refractivity contribution in [3.05, 3.63) is 23.2 Å². The minimum atomic E-state index is -0.298. The van der Waals surface area contributed by atoms with Gasteiger partial charge in [0.2, 0.25) is 0 Å². The van der Waals surface area contributed by atoms with E-state index in [-0.39, 0.29) is 6.10 Å². The molecule has 0 aliphatic rings. The van der Waals surface area contributed by atoms with E-state index < -0.39 is 0 Å². The normalized spacial score (nSPS) is 12.5. The van der Waals surface area contributed by atoms with Gasteiger partial charge in [0, 0.05) is 13.6 Å². The molecule has 3 N–H and O–H groups in total. The Hall–Kier alpha value is -0.930. The highest BCUT2D eigenvalue weighted by atomic mass is 35.5. The van der Waals surface area contributed by atoms with Crippen LogP contribution in [0.5, 0.6) is 0 Å². The zero-order chi connectivity index (χ0) is 11.4. The number of rotatable bonds is 4. The van der Waals surface area contributed by atoms with E-state index in [1.165, 1.54) is 0 Å². The van der Waals surface area contributed by atoms with Gasteiger partial charge in [-0.1, -0.05) is 17.7 Å². The summed E-state index contributed by atoms with van der Waals surface area (Å²) in [6, 6.07) is 5.55. The molecule has 1 aromatic rings. The molecule has 0 radical (unpaired) electrons. The van der Waals surface area contributed by atoms with Crippen LogP contribution in [0.2, 0.25) is 5.02 Å². The maximum atomic E-state index is 9.19.